The maximum atomic E-state index is 13.1. The molecule has 0 spiro atoms. The molecule has 3 heterocycles. The monoisotopic (exact) mass is 372 g/mol. The van der Waals surface area contributed by atoms with Crippen molar-refractivity contribution < 1.29 is 0 Å². The van der Waals surface area contributed by atoms with Crippen molar-refractivity contribution in [3.8, 4) is 11.9 Å². The van der Waals surface area contributed by atoms with Crippen molar-refractivity contribution in [1.29, 1.82) is 5.26 Å². The summed E-state index contributed by atoms with van der Waals surface area (Å²) in [5, 5.41) is 18.2. The first-order valence-electron chi connectivity index (χ1n) is 8.02. The molecule has 0 aliphatic heterocycles. The normalized spacial score (nSPS) is 10.7. The van der Waals surface area contributed by atoms with Gasteiger partial charge in [-0.2, -0.15) is 5.26 Å². The van der Waals surface area contributed by atoms with Gasteiger partial charge in [0.1, 0.15) is 16.9 Å². The van der Waals surface area contributed by atoms with Gasteiger partial charge in [-0.3, -0.25) is 4.79 Å². The summed E-state index contributed by atoms with van der Waals surface area (Å²) < 4.78 is 1.47. The summed E-state index contributed by atoms with van der Waals surface area (Å²) in [7, 11) is 0. The van der Waals surface area contributed by atoms with E-state index >= 15 is 0 Å². The average Bonchev–Trinajstić information content (AvgIpc) is 2.69. The molecule has 0 saturated carbocycles. The van der Waals surface area contributed by atoms with Crippen LogP contribution in [0.5, 0.6) is 0 Å². The standard InChI is InChI=1S/C19H12N6OS/c1-12-8-9-21-16(10-12)25-18(26)14-4-2-3-5-15(14)22-19(25)27-17-7-6-13(11-20)23-24-17/h2-10H,1H3. The lowest BCUT2D eigenvalue weighted by atomic mass is 10.2. The first-order chi connectivity index (χ1) is 13.2. The van der Waals surface area contributed by atoms with Crippen LogP contribution in [0.25, 0.3) is 16.7 Å². The molecule has 4 rings (SSSR count). The van der Waals surface area contributed by atoms with Crippen molar-refractivity contribution in [2.24, 2.45) is 0 Å². The predicted octanol–water partition coefficient (Wildman–Crippen LogP) is 2.90. The van der Waals surface area contributed by atoms with E-state index in [9.17, 15) is 4.79 Å². The number of benzene rings is 1. The molecular weight excluding hydrogens is 360 g/mol. The molecule has 0 radical (unpaired) electrons. The summed E-state index contributed by atoms with van der Waals surface area (Å²) in [4.78, 5) is 22.1. The second-order valence-electron chi connectivity index (χ2n) is 5.71. The first-order valence-corrected chi connectivity index (χ1v) is 8.84. The van der Waals surface area contributed by atoms with Gasteiger partial charge >= 0.3 is 0 Å². The van der Waals surface area contributed by atoms with Gasteiger partial charge in [0.2, 0.25) is 0 Å². The average molecular weight is 372 g/mol. The first kappa shape index (κ1) is 16.9. The Kier molecular flexibility index (Phi) is 4.36. The Morgan fingerprint density at radius 2 is 1.96 bits per heavy atom. The number of nitriles is 1. The maximum absolute atomic E-state index is 13.1. The number of nitrogens with zero attached hydrogens (tertiary/aromatic N) is 6. The molecule has 0 unspecified atom stereocenters. The van der Waals surface area contributed by atoms with Gasteiger partial charge in [0.15, 0.2) is 10.9 Å². The molecule has 0 aliphatic rings. The Morgan fingerprint density at radius 1 is 1.11 bits per heavy atom. The third kappa shape index (κ3) is 3.28. The van der Waals surface area contributed by atoms with E-state index in [1.165, 1.54) is 16.3 Å². The van der Waals surface area contributed by atoms with Crippen LogP contribution >= 0.6 is 11.8 Å². The molecule has 1 aromatic carbocycles. The van der Waals surface area contributed by atoms with Gasteiger partial charge in [0.05, 0.1) is 10.9 Å². The molecule has 130 valence electrons. The molecular formula is C19H12N6OS. The maximum Gasteiger partial charge on any atom is 0.267 e. The Labute approximate surface area is 158 Å². The zero-order valence-electron chi connectivity index (χ0n) is 14.2. The molecule has 4 aromatic rings. The zero-order chi connectivity index (χ0) is 18.8. The van der Waals surface area contributed by atoms with Crippen LogP contribution in [-0.4, -0.2) is 24.7 Å². The highest BCUT2D eigenvalue weighted by atomic mass is 32.2. The predicted molar refractivity (Wildman–Crippen MR) is 101 cm³/mol. The van der Waals surface area contributed by atoms with E-state index in [1.807, 2.05) is 31.2 Å². The Balaban J connectivity index is 1.93. The molecule has 7 nitrogen and oxygen atoms in total. The molecule has 0 N–H and O–H groups in total. The van der Waals surface area contributed by atoms with Crippen molar-refractivity contribution in [2.45, 2.75) is 17.1 Å². The smallest absolute Gasteiger partial charge is 0.267 e. The van der Waals surface area contributed by atoms with Crippen LogP contribution in [0.2, 0.25) is 0 Å². The molecule has 0 bridgehead atoms. The number of para-hydroxylation sites is 1. The minimum absolute atomic E-state index is 0.206. The molecule has 0 fully saturated rings. The Bertz CT molecular complexity index is 1240. The van der Waals surface area contributed by atoms with Crippen molar-refractivity contribution >= 4 is 22.7 Å². The van der Waals surface area contributed by atoms with E-state index in [-0.39, 0.29) is 11.3 Å². The summed E-state index contributed by atoms with van der Waals surface area (Å²) >= 11 is 1.19. The zero-order valence-corrected chi connectivity index (χ0v) is 15.0. The number of hydrogen-bond acceptors (Lipinski definition) is 7. The molecule has 8 heteroatoms. The fourth-order valence-corrected chi connectivity index (χ4v) is 3.37. The minimum Gasteiger partial charge on any atom is -0.268 e. The largest absolute Gasteiger partial charge is 0.268 e. The summed E-state index contributed by atoms with van der Waals surface area (Å²) in [5.41, 5.74) is 1.59. The molecule has 0 amide bonds. The molecule has 0 saturated heterocycles. The van der Waals surface area contributed by atoms with Crippen LogP contribution in [0, 0.1) is 18.3 Å². The summed E-state index contributed by atoms with van der Waals surface area (Å²) in [6, 6.07) is 16.0. The molecule has 3 aromatic heterocycles. The highest BCUT2D eigenvalue weighted by molar-refractivity contribution is 7.99. The summed E-state index contributed by atoms with van der Waals surface area (Å²) in [6.07, 6.45) is 1.66. The van der Waals surface area contributed by atoms with E-state index in [0.717, 1.165) is 5.56 Å². The van der Waals surface area contributed by atoms with E-state index in [1.54, 1.807) is 36.5 Å². The van der Waals surface area contributed by atoms with Gasteiger partial charge < -0.3 is 0 Å². The van der Waals surface area contributed by atoms with E-state index < -0.39 is 0 Å². The molecule has 0 atom stereocenters. The number of aromatic nitrogens is 5. The number of pyridine rings is 1. The number of rotatable bonds is 3. The second-order valence-corrected chi connectivity index (χ2v) is 6.70. The van der Waals surface area contributed by atoms with Crippen LogP contribution < -0.4 is 5.56 Å². The van der Waals surface area contributed by atoms with E-state index in [4.69, 9.17) is 5.26 Å². The van der Waals surface area contributed by atoms with Crippen molar-refractivity contribution in [1.82, 2.24) is 24.7 Å². The number of hydrogen-bond donors (Lipinski definition) is 0. The van der Waals surface area contributed by atoms with Gasteiger partial charge in [-0.15, -0.1) is 10.2 Å². The van der Waals surface area contributed by atoms with Gasteiger partial charge in [-0.05, 0) is 60.6 Å². The van der Waals surface area contributed by atoms with Crippen molar-refractivity contribution in [3.05, 3.63) is 76.3 Å². The van der Waals surface area contributed by atoms with Gasteiger partial charge in [0, 0.05) is 6.20 Å². The van der Waals surface area contributed by atoms with Crippen LogP contribution in [0.1, 0.15) is 11.3 Å². The van der Waals surface area contributed by atoms with Crippen LogP contribution in [0.15, 0.2) is 69.7 Å². The fraction of sp³-hybridized carbons (Fsp3) is 0.0526. The van der Waals surface area contributed by atoms with Crippen LogP contribution in [-0.2, 0) is 0 Å². The minimum atomic E-state index is -0.206. The van der Waals surface area contributed by atoms with Crippen LogP contribution in [0.4, 0.5) is 0 Å². The lowest BCUT2D eigenvalue weighted by molar-refractivity contribution is 0.790. The lowest BCUT2D eigenvalue weighted by Crippen LogP contribution is -2.22. The highest BCUT2D eigenvalue weighted by Crippen LogP contribution is 2.26. The van der Waals surface area contributed by atoms with Crippen molar-refractivity contribution in [3.63, 3.8) is 0 Å². The third-order valence-electron chi connectivity index (χ3n) is 3.83. The Hall–Kier alpha value is -3.57. The number of aryl methyl sites for hydroxylation is 1. The summed E-state index contributed by atoms with van der Waals surface area (Å²) in [5.74, 6) is 0.488. The topological polar surface area (TPSA) is 97.3 Å². The van der Waals surface area contributed by atoms with E-state index in [0.29, 0.717) is 26.9 Å². The highest BCUT2D eigenvalue weighted by Gasteiger charge is 2.15. The van der Waals surface area contributed by atoms with Gasteiger partial charge in [0.25, 0.3) is 5.56 Å². The van der Waals surface area contributed by atoms with Crippen LogP contribution in [0.3, 0.4) is 0 Å². The summed E-state index contributed by atoms with van der Waals surface area (Å²) in [6.45, 7) is 1.93. The van der Waals surface area contributed by atoms with Gasteiger partial charge in [-0.1, -0.05) is 12.1 Å². The second kappa shape index (κ2) is 6.97. The quantitative estimate of drug-likeness (QED) is 0.510. The Morgan fingerprint density at radius 3 is 2.70 bits per heavy atom. The van der Waals surface area contributed by atoms with E-state index in [2.05, 4.69) is 20.2 Å². The van der Waals surface area contributed by atoms with Crippen molar-refractivity contribution in [2.75, 3.05) is 0 Å². The molecule has 27 heavy (non-hydrogen) atoms. The molecule has 0 aliphatic carbocycles. The SMILES string of the molecule is Cc1ccnc(-n2c(Sc3ccc(C#N)nn3)nc3ccccc3c2=O)c1. The van der Waals surface area contributed by atoms with Gasteiger partial charge in [-0.25, -0.2) is 14.5 Å². The fourth-order valence-electron chi connectivity index (χ4n) is 2.55. The number of fused-ring (bicyclic) bond motifs is 1. The third-order valence-corrected chi connectivity index (χ3v) is 4.71. The lowest BCUT2D eigenvalue weighted by Gasteiger charge is -2.12.